The van der Waals surface area contributed by atoms with E-state index in [0.717, 1.165) is 3.57 Å². The zero-order valence-corrected chi connectivity index (χ0v) is 13.3. The molecule has 21 heavy (non-hydrogen) atoms. The maximum absolute atomic E-state index is 13.5. The molecule has 0 aliphatic heterocycles. The van der Waals surface area contributed by atoms with Crippen molar-refractivity contribution in [2.75, 3.05) is 10.6 Å². The highest BCUT2D eigenvalue weighted by Crippen LogP contribution is 2.20. The van der Waals surface area contributed by atoms with Crippen molar-refractivity contribution >= 4 is 45.8 Å². The number of hydrogen-bond donors (Lipinski definition) is 2. The summed E-state index contributed by atoms with van der Waals surface area (Å²) in [5.74, 6) is -1.24. The molecule has 0 atom stereocenters. The van der Waals surface area contributed by atoms with Crippen LogP contribution in [0.4, 0.5) is 15.8 Å². The summed E-state index contributed by atoms with van der Waals surface area (Å²) in [7, 11) is 0. The first-order valence-electron chi connectivity index (χ1n) is 6.10. The summed E-state index contributed by atoms with van der Waals surface area (Å²) in [6, 6.07) is 11.1. The third kappa shape index (κ3) is 4.25. The number of halogens is 2. The molecule has 0 fully saturated rings. The van der Waals surface area contributed by atoms with Crippen LogP contribution in [0.2, 0.25) is 0 Å². The van der Waals surface area contributed by atoms with E-state index in [4.69, 9.17) is 0 Å². The molecule has 0 spiro atoms. The van der Waals surface area contributed by atoms with Crippen molar-refractivity contribution in [1.29, 1.82) is 0 Å². The first-order valence-corrected chi connectivity index (χ1v) is 7.17. The van der Waals surface area contributed by atoms with Gasteiger partial charge in [-0.15, -0.1) is 0 Å². The van der Waals surface area contributed by atoms with E-state index in [1.807, 2.05) is 12.1 Å². The number of carbonyl (C=O) groups excluding carboxylic acids is 2. The monoisotopic (exact) mass is 398 g/mol. The molecule has 0 aromatic heterocycles. The molecule has 2 N–H and O–H groups in total. The number of nitrogens with one attached hydrogen (secondary N) is 2. The van der Waals surface area contributed by atoms with E-state index in [9.17, 15) is 14.0 Å². The average molecular weight is 398 g/mol. The molecular weight excluding hydrogens is 386 g/mol. The highest BCUT2D eigenvalue weighted by Gasteiger charge is 2.09. The lowest BCUT2D eigenvalue weighted by molar-refractivity contribution is -0.114. The SMILES string of the molecule is CC(=O)Nc1cc(NC(=O)c2ccc(I)cc2)ccc1F. The van der Waals surface area contributed by atoms with Crippen molar-refractivity contribution in [1.82, 2.24) is 0 Å². The van der Waals surface area contributed by atoms with E-state index in [1.165, 1.54) is 25.1 Å². The van der Waals surface area contributed by atoms with Crippen LogP contribution in [0.25, 0.3) is 0 Å². The number of benzene rings is 2. The molecule has 0 aliphatic carbocycles. The van der Waals surface area contributed by atoms with Gasteiger partial charge in [-0.2, -0.15) is 0 Å². The quantitative estimate of drug-likeness (QED) is 0.776. The molecule has 0 bridgehead atoms. The van der Waals surface area contributed by atoms with Crippen molar-refractivity contribution in [3.05, 3.63) is 57.4 Å². The van der Waals surface area contributed by atoms with Crippen molar-refractivity contribution in [2.45, 2.75) is 6.92 Å². The van der Waals surface area contributed by atoms with Crippen LogP contribution in [0.15, 0.2) is 42.5 Å². The summed E-state index contributed by atoms with van der Waals surface area (Å²) in [5, 5.41) is 5.03. The van der Waals surface area contributed by atoms with Gasteiger partial charge >= 0.3 is 0 Å². The Morgan fingerprint density at radius 2 is 1.71 bits per heavy atom. The molecule has 0 saturated carbocycles. The minimum atomic E-state index is -0.558. The summed E-state index contributed by atoms with van der Waals surface area (Å²) >= 11 is 2.15. The molecule has 108 valence electrons. The minimum absolute atomic E-state index is 0.0305. The second-order valence-corrected chi connectivity index (χ2v) is 5.58. The van der Waals surface area contributed by atoms with Crippen LogP contribution >= 0.6 is 22.6 Å². The molecule has 0 unspecified atom stereocenters. The van der Waals surface area contributed by atoms with Gasteiger partial charge < -0.3 is 10.6 Å². The van der Waals surface area contributed by atoms with Crippen LogP contribution in [0, 0.1) is 9.39 Å². The van der Waals surface area contributed by atoms with Crippen LogP contribution < -0.4 is 10.6 Å². The Labute approximate surface area is 134 Å². The third-order valence-corrected chi connectivity index (χ3v) is 3.36. The van der Waals surface area contributed by atoms with E-state index in [0.29, 0.717) is 11.3 Å². The second kappa shape index (κ2) is 6.66. The maximum atomic E-state index is 13.5. The van der Waals surface area contributed by atoms with Gasteiger partial charge in [-0.3, -0.25) is 9.59 Å². The van der Waals surface area contributed by atoms with E-state index in [-0.39, 0.29) is 17.5 Å². The summed E-state index contributed by atoms with van der Waals surface area (Å²) < 4.78 is 14.5. The number of anilines is 2. The predicted octanol–water partition coefficient (Wildman–Crippen LogP) is 3.64. The Morgan fingerprint density at radius 1 is 1.05 bits per heavy atom. The Hall–Kier alpha value is -1.96. The molecule has 2 rings (SSSR count). The molecule has 2 aromatic carbocycles. The second-order valence-electron chi connectivity index (χ2n) is 4.34. The van der Waals surface area contributed by atoms with Gasteiger partial charge in [0.2, 0.25) is 5.91 Å². The van der Waals surface area contributed by atoms with Crippen molar-refractivity contribution < 1.29 is 14.0 Å². The highest BCUT2D eigenvalue weighted by molar-refractivity contribution is 14.1. The lowest BCUT2D eigenvalue weighted by atomic mass is 10.2. The fourth-order valence-corrected chi connectivity index (χ4v) is 2.05. The Bertz CT molecular complexity index is 687. The molecule has 4 nitrogen and oxygen atoms in total. The van der Waals surface area contributed by atoms with E-state index < -0.39 is 5.82 Å². The van der Waals surface area contributed by atoms with E-state index >= 15 is 0 Å². The van der Waals surface area contributed by atoms with E-state index in [1.54, 1.807) is 12.1 Å². The van der Waals surface area contributed by atoms with Gasteiger partial charge in [0.1, 0.15) is 5.82 Å². The summed E-state index contributed by atoms with van der Waals surface area (Å²) in [5.41, 5.74) is 0.937. The van der Waals surface area contributed by atoms with E-state index in [2.05, 4.69) is 33.2 Å². The molecule has 2 aromatic rings. The smallest absolute Gasteiger partial charge is 0.255 e. The lowest BCUT2D eigenvalue weighted by Gasteiger charge is -2.09. The number of carbonyl (C=O) groups is 2. The fraction of sp³-hybridized carbons (Fsp3) is 0.0667. The van der Waals surface area contributed by atoms with Crippen LogP contribution in [0.3, 0.4) is 0 Å². The first kappa shape index (κ1) is 15.4. The summed E-state index contributed by atoms with van der Waals surface area (Å²) in [4.78, 5) is 23.0. The number of rotatable bonds is 3. The highest BCUT2D eigenvalue weighted by atomic mass is 127. The van der Waals surface area contributed by atoms with Crippen LogP contribution in [-0.4, -0.2) is 11.8 Å². The fourth-order valence-electron chi connectivity index (χ4n) is 1.69. The zero-order chi connectivity index (χ0) is 15.4. The topological polar surface area (TPSA) is 58.2 Å². The molecule has 0 heterocycles. The molecule has 2 amide bonds. The Morgan fingerprint density at radius 3 is 2.33 bits per heavy atom. The first-order chi connectivity index (χ1) is 9.95. The molecule has 0 radical (unpaired) electrons. The van der Waals surface area contributed by atoms with Crippen molar-refractivity contribution in [2.24, 2.45) is 0 Å². The van der Waals surface area contributed by atoms with Gasteiger partial charge in [0.25, 0.3) is 5.91 Å². The van der Waals surface area contributed by atoms with Gasteiger partial charge in [-0.05, 0) is 65.1 Å². The summed E-state index contributed by atoms with van der Waals surface area (Å²) in [6.07, 6.45) is 0. The summed E-state index contributed by atoms with van der Waals surface area (Å²) in [6.45, 7) is 1.29. The molecule has 0 aliphatic rings. The van der Waals surface area contributed by atoms with Gasteiger partial charge in [0.15, 0.2) is 0 Å². The average Bonchev–Trinajstić information content (AvgIpc) is 2.42. The van der Waals surface area contributed by atoms with Gasteiger partial charge in [-0.25, -0.2) is 4.39 Å². The number of hydrogen-bond acceptors (Lipinski definition) is 2. The minimum Gasteiger partial charge on any atom is -0.324 e. The molecule has 6 heteroatoms. The number of amides is 2. The maximum Gasteiger partial charge on any atom is 0.255 e. The third-order valence-electron chi connectivity index (χ3n) is 2.64. The Balaban J connectivity index is 2.17. The van der Waals surface area contributed by atoms with Crippen LogP contribution in [-0.2, 0) is 4.79 Å². The Kier molecular flexibility index (Phi) is 4.89. The molecular formula is C15H12FIN2O2. The van der Waals surface area contributed by atoms with Gasteiger partial charge in [0, 0.05) is 21.7 Å². The predicted molar refractivity (Wildman–Crippen MR) is 87.8 cm³/mol. The normalized spacial score (nSPS) is 10.0. The zero-order valence-electron chi connectivity index (χ0n) is 11.1. The van der Waals surface area contributed by atoms with Crippen LogP contribution in [0.5, 0.6) is 0 Å². The lowest BCUT2D eigenvalue weighted by Crippen LogP contribution is -2.13. The van der Waals surface area contributed by atoms with Crippen molar-refractivity contribution in [3.63, 3.8) is 0 Å². The largest absolute Gasteiger partial charge is 0.324 e. The van der Waals surface area contributed by atoms with Gasteiger partial charge in [0.05, 0.1) is 5.69 Å². The molecule has 0 saturated heterocycles. The van der Waals surface area contributed by atoms with Gasteiger partial charge in [-0.1, -0.05) is 0 Å². The standard InChI is InChI=1S/C15H12FIN2O2/c1-9(20)18-14-8-12(6-7-13(14)16)19-15(21)10-2-4-11(17)5-3-10/h2-8H,1H3,(H,18,20)(H,19,21). The van der Waals surface area contributed by atoms with Crippen LogP contribution in [0.1, 0.15) is 17.3 Å². The van der Waals surface area contributed by atoms with Crippen molar-refractivity contribution in [3.8, 4) is 0 Å².